The Morgan fingerprint density at radius 2 is 1.88 bits per heavy atom. The van der Waals surface area contributed by atoms with Crippen LogP contribution in [0.1, 0.15) is 23.7 Å². The van der Waals surface area contributed by atoms with Gasteiger partial charge in [0.15, 0.2) is 0 Å². The number of benzene rings is 1. The van der Waals surface area contributed by atoms with Crippen molar-refractivity contribution in [3.05, 3.63) is 35.4 Å². The van der Waals surface area contributed by atoms with E-state index in [-0.39, 0.29) is 0 Å². The molecule has 5 nitrogen and oxygen atoms in total. The van der Waals surface area contributed by atoms with Crippen molar-refractivity contribution in [1.29, 1.82) is 5.26 Å². The number of aliphatic carboxylic acids is 1. The van der Waals surface area contributed by atoms with Crippen molar-refractivity contribution < 1.29 is 20.1 Å². The van der Waals surface area contributed by atoms with Gasteiger partial charge >= 0.3 is 5.97 Å². The molecule has 1 aromatic carbocycles. The van der Waals surface area contributed by atoms with Gasteiger partial charge in [-0.25, -0.2) is 0 Å². The topological polar surface area (TPSA) is 102 Å². The Balaban J connectivity index is 2.76. The lowest BCUT2D eigenvalue weighted by molar-refractivity contribution is -0.141. The van der Waals surface area contributed by atoms with Crippen LogP contribution in [-0.2, 0) is 4.79 Å². The second-order valence-electron chi connectivity index (χ2n) is 3.34. The van der Waals surface area contributed by atoms with E-state index >= 15 is 0 Å². The maximum atomic E-state index is 10.3. The van der Waals surface area contributed by atoms with Gasteiger partial charge in [0.2, 0.25) is 0 Å². The minimum absolute atomic E-state index is 0.382. The number of rotatable bonds is 4. The molecule has 0 amide bonds. The molecule has 0 saturated carbocycles. The van der Waals surface area contributed by atoms with Crippen molar-refractivity contribution in [2.75, 3.05) is 0 Å². The summed E-state index contributed by atoms with van der Waals surface area (Å²) in [5.41, 5.74) is 0.816. The van der Waals surface area contributed by atoms with Gasteiger partial charge in [-0.3, -0.25) is 4.79 Å². The number of carboxylic acids is 1. The maximum absolute atomic E-state index is 10.3. The predicted octanol–water partition coefficient (Wildman–Crippen LogP) is 0.427. The lowest BCUT2D eigenvalue weighted by Crippen LogP contribution is -2.21. The third-order valence-electron chi connectivity index (χ3n) is 2.13. The van der Waals surface area contributed by atoms with Gasteiger partial charge in [0.05, 0.1) is 24.2 Å². The Bertz CT molecular complexity index is 407. The van der Waals surface area contributed by atoms with Gasteiger partial charge in [0.1, 0.15) is 6.10 Å². The monoisotopic (exact) mass is 221 g/mol. The first kappa shape index (κ1) is 12.2. The number of nitrogens with zero attached hydrogens (tertiary/aromatic N) is 1. The molecule has 2 unspecified atom stereocenters. The van der Waals surface area contributed by atoms with Crippen LogP contribution >= 0.6 is 0 Å². The predicted molar refractivity (Wildman–Crippen MR) is 54.4 cm³/mol. The van der Waals surface area contributed by atoms with Crippen LogP contribution in [-0.4, -0.2) is 27.4 Å². The van der Waals surface area contributed by atoms with Crippen LogP contribution in [0.4, 0.5) is 0 Å². The SMILES string of the molecule is N#Cc1ccc(C(O)C(O)CC(=O)O)cc1. The molecule has 0 aromatic heterocycles. The smallest absolute Gasteiger partial charge is 0.306 e. The first-order valence-electron chi connectivity index (χ1n) is 4.62. The molecule has 0 fully saturated rings. The van der Waals surface area contributed by atoms with E-state index in [0.29, 0.717) is 11.1 Å². The highest BCUT2D eigenvalue weighted by molar-refractivity contribution is 5.67. The maximum Gasteiger partial charge on any atom is 0.306 e. The molecule has 3 N–H and O–H groups in total. The van der Waals surface area contributed by atoms with Crippen LogP contribution in [0.15, 0.2) is 24.3 Å². The van der Waals surface area contributed by atoms with E-state index < -0.39 is 24.6 Å². The van der Waals surface area contributed by atoms with Crippen molar-refractivity contribution in [3.63, 3.8) is 0 Å². The molecule has 0 radical (unpaired) electrons. The Hall–Kier alpha value is -1.90. The lowest BCUT2D eigenvalue weighted by Gasteiger charge is -2.16. The van der Waals surface area contributed by atoms with Crippen molar-refractivity contribution >= 4 is 5.97 Å². The number of carbonyl (C=O) groups is 1. The summed E-state index contributed by atoms with van der Waals surface area (Å²) in [5.74, 6) is -1.18. The average molecular weight is 221 g/mol. The van der Waals surface area contributed by atoms with Gasteiger partial charge in [0, 0.05) is 0 Å². The fourth-order valence-corrected chi connectivity index (χ4v) is 1.27. The third kappa shape index (κ3) is 3.05. The normalized spacial score (nSPS) is 13.8. The third-order valence-corrected chi connectivity index (χ3v) is 2.13. The molecular formula is C11H11NO4. The molecule has 16 heavy (non-hydrogen) atoms. The standard InChI is InChI=1S/C11H11NO4/c12-6-7-1-3-8(4-2-7)11(16)9(13)5-10(14)15/h1-4,9,11,13,16H,5H2,(H,14,15). The van der Waals surface area contributed by atoms with Gasteiger partial charge in [-0.1, -0.05) is 12.1 Å². The molecule has 1 rings (SSSR count). The fraction of sp³-hybridized carbons (Fsp3) is 0.273. The van der Waals surface area contributed by atoms with Crippen LogP contribution in [0.2, 0.25) is 0 Å². The lowest BCUT2D eigenvalue weighted by atomic mass is 10.0. The molecule has 84 valence electrons. The van der Waals surface area contributed by atoms with Crippen LogP contribution in [0.5, 0.6) is 0 Å². The number of carboxylic acid groups (broad SMARTS) is 1. The summed E-state index contributed by atoms with van der Waals surface area (Å²) >= 11 is 0. The van der Waals surface area contributed by atoms with Crippen molar-refractivity contribution in [1.82, 2.24) is 0 Å². The highest BCUT2D eigenvalue weighted by Crippen LogP contribution is 2.19. The highest BCUT2D eigenvalue weighted by Gasteiger charge is 2.20. The van der Waals surface area contributed by atoms with E-state index in [1.54, 1.807) is 0 Å². The summed E-state index contributed by atoms with van der Waals surface area (Å²) < 4.78 is 0. The minimum atomic E-state index is -1.36. The molecule has 0 spiro atoms. The first-order chi connectivity index (χ1) is 7.54. The first-order valence-corrected chi connectivity index (χ1v) is 4.62. The number of aliphatic hydroxyl groups excluding tert-OH is 2. The van der Waals surface area contributed by atoms with Crippen molar-refractivity contribution in [2.45, 2.75) is 18.6 Å². The van der Waals surface area contributed by atoms with E-state index in [9.17, 15) is 15.0 Å². The number of hydrogen-bond donors (Lipinski definition) is 3. The van der Waals surface area contributed by atoms with Crippen molar-refractivity contribution in [2.24, 2.45) is 0 Å². The average Bonchev–Trinajstić information content (AvgIpc) is 2.27. The van der Waals surface area contributed by atoms with Crippen LogP contribution in [0.25, 0.3) is 0 Å². The van der Waals surface area contributed by atoms with E-state index in [2.05, 4.69) is 0 Å². The Morgan fingerprint density at radius 1 is 1.31 bits per heavy atom. The summed E-state index contributed by atoms with van der Waals surface area (Å²) in [6, 6.07) is 7.86. The zero-order valence-corrected chi connectivity index (χ0v) is 8.37. The van der Waals surface area contributed by atoms with Crippen LogP contribution in [0.3, 0.4) is 0 Å². The second-order valence-corrected chi connectivity index (χ2v) is 3.34. The Labute approximate surface area is 92.2 Å². The van der Waals surface area contributed by atoms with Gasteiger partial charge in [-0.15, -0.1) is 0 Å². The number of hydrogen-bond acceptors (Lipinski definition) is 4. The summed E-state index contributed by atoms with van der Waals surface area (Å²) in [6.07, 6.45) is -3.14. The van der Waals surface area contributed by atoms with E-state index in [1.165, 1.54) is 24.3 Å². The largest absolute Gasteiger partial charge is 0.481 e. The molecule has 2 atom stereocenters. The molecule has 0 aliphatic heterocycles. The molecule has 0 saturated heterocycles. The summed E-state index contributed by atoms with van der Waals surface area (Å²) in [4.78, 5) is 10.3. The van der Waals surface area contributed by atoms with Crippen LogP contribution < -0.4 is 0 Å². The fourth-order valence-electron chi connectivity index (χ4n) is 1.27. The zero-order chi connectivity index (χ0) is 12.1. The van der Waals surface area contributed by atoms with Gasteiger partial charge in [-0.2, -0.15) is 5.26 Å². The molecule has 0 bridgehead atoms. The summed E-state index contributed by atoms with van der Waals surface area (Å²) in [5, 5.41) is 36.0. The number of aliphatic hydroxyl groups is 2. The summed E-state index contributed by atoms with van der Waals surface area (Å²) in [7, 11) is 0. The summed E-state index contributed by atoms with van der Waals surface area (Å²) in [6.45, 7) is 0. The van der Waals surface area contributed by atoms with E-state index in [1.807, 2.05) is 6.07 Å². The quantitative estimate of drug-likeness (QED) is 0.684. The number of nitriles is 1. The Kier molecular flexibility index (Phi) is 4.00. The Morgan fingerprint density at radius 3 is 2.31 bits per heavy atom. The molecule has 1 aromatic rings. The van der Waals surface area contributed by atoms with E-state index in [4.69, 9.17) is 10.4 Å². The molecule has 0 aliphatic rings. The highest BCUT2D eigenvalue weighted by atomic mass is 16.4. The van der Waals surface area contributed by atoms with Gasteiger partial charge in [0.25, 0.3) is 0 Å². The molecule has 0 heterocycles. The van der Waals surface area contributed by atoms with Gasteiger partial charge in [-0.05, 0) is 17.7 Å². The molecular weight excluding hydrogens is 210 g/mol. The van der Waals surface area contributed by atoms with Crippen LogP contribution in [0, 0.1) is 11.3 Å². The molecule has 0 aliphatic carbocycles. The van der Waals surface area contributed by atoms with Crippen molar-refractivity contribution in [3.8, 4) is 6.07 Å². The van der Waals surface area contributed by atoms with Gasteiger partial charge < -0.3 is 15.3 Å². The minimum Gasteiger partial charge on any atom is -0.481 e. The van der Waals surface area contributed by atoms with E-state index in [0.717, 1.165) is 0 Å². The zero-order valence-electron chi connectivity index (χ0n) is 8.37. The molecule has 5 heteroatoms. The second kappa shape index (κ2) is 5.26.